The minimum atomic E-state index is -1.57. The minimum absolute atomic E-state index is 0.200. The van der Waals surface area contributed by atoms with Gasteiger partial charge in [0, 0.05) is 6.61 Å². The molecule has 162 valence electrons. The average Bonchev–Trinajstić information content (AvgIpc) is 2.62. The molecule has 2 saturated heterocycles. The summed E-state index contributed by atoms with van der Waals surface area (Å²) in [5.74, 6) is -1.32. The fourth-order valence-corrected chi connectivity index (χ4v) is 3.29. The van der Waals surface area contributed by atoms with E-state index >= 15 is 0 Å². The number of hydrogen-bond donors (Lipinski definition) is 5. The van der Waals surface area contributed by atoms with Crippen molar-refractivity contribution in [1.82, 2.24) is 0 Å². The summed E-state index contributed by atoms with van der Waals surface area (Å²) in [5.41, 5.74) is 0.861. The van der Waals surface area contributed by atoms with Gasteiger partial charge in [0.2, 0.25) is 0 Å². The average molecular weight is 406 g/mol. The van der Waals surface area contributed by atoms with Gasteiger partial charge in [0.25, 0.3) is 0 Å². The van der Waals surface area contributed by atoms with Crippen LogP contribution < -0.4 is 0 Å². The zero-order chi connectivity index (χ0) is 21.0. The van der Waals surface area contributed by atoms with Gasteiger partial charge in [0.15, 0.2) is 6.29 Å². The molecule has 5 N–H and O–H groups in total. The maximum Gasteiger partial charge on any atom is 0.316 e. The van der Waals surface area contributed by atoms with Gasteiger partial charge in [-0.3, -0.25) is 4.79 Å². The Morgan fingerprint density at radius 2 is 1.89 bits per heavy atom. The molecule has 10 heteroatoms. The van der Waals surface area contributed by atoms with Gasteiger partial charge >= 0.3 is 5.97 Å². The zero-order valence-electron chi connectivity index (χ0n) is 16.2. The Hall–Kier alpha value is -1.11. The Morgan fingerprint density at radius 3 is 2.43 bits per heavy atom. The van der Waals surface area contributed by atoms with Gasteiger partial charge in [0.1, 0.15) is 42.5 Å². The summed E-state index contributed by atoms with van der Waals surface area (Å²) in [6, 6.07) is 0. The Labute approximate surface area is 163 Å². The Kier molecular flexibility index (Phi) is 8.34. The van der Waals surface area contributed by atoms with E-state index in [9.17, 15) is 30.3 Å². The molecule has 2 fully saturated rings. The van der Waals surface area contributed by atoms with Crippen LogP contribution in [0.2, 0.25) is 0 Å². The third-order valence-electron chi connectivity index (χ3n) is 4.77. The molecule has 0 aromatic heterocycles. The molecular formula is C18H30O10. The highest BCUT2D eigenvalue weighted by molar-refractivity contribution is 5.79. The van der Waals surface area contributed by atoms with E-state index in [1.807, 2.05) is 0 Å². The third kappa shape index (κ3) is 5.08. The highest BCUT2D eigenvalue weighted by Crippen LogP contribution is 2.32. The van der Waals surface area contributed by atoms with Crippen LogP contribution in [0, 0.1) is 5.92 Å². The zero-order valence-corrected chi connectivity index (χ0v) is 16.2. The predicted octanol–water partition coefficient (Wildman–Crippen LogP) is -1.92. The lowest BCUT2D eigenvalue weighted by Crippen LogP contribution is -2.61. The topological polar surface area (TPSA) is 155 Å². The van der Waals surface area contributed by atoms with Gasteiger partial charge in [-0.25, -0.2) is 0 Å². The van der Waals surface area contributed by atoms with Crippen LogP contribution in [0.5, 0.6) is 0 Å². The highest BCUT2D eigenvalue weighted by atomic mass is 16.7. The summed E-state index contributed by atoms with van der Waals surface area (Å²) in [4.78, 5) is 12.0. The monoisotopic (exact) mass is 406 g/mol. The number of aliphatic hydroxyl groups is 5. The molecule has 2 aliphatic rings. The van der Waals surface area contributed by atoms with E-state index in [-0.39, 0.29) is 13.2 Å². The second kappa shape index (κ2) is 10.1. The van der Waals surface area contributed by atoms with Crippen LogP contribution in [0.25, 0.3) is 0 Å². The first kappa shape index (κ1) is 23.2. The lowest BCUT2D eigenvalue weighted by atomic mass is 9.86. The summed E-state index contributed by atoms with van der Waals surface area (Å²) >= 11 is 0. The molecule has 0 aromatic rings. The summed E-state index contributed by atoms with van der Waals surface area (Å²) < 4.78 is 21.4. The van der Waals surface area contributed by atoms with E-state index in [1.165, 1.54) is 0 Å². The van der Waals surface area contributed by atoms with Gasteiger partial charge in [-0.1, -0.05) is 11.6 Å². The normalized spacial score (nSPS) is 37.6. The fourth-order valence-electron chi connectivity index (χ4n) is 3.29. The molecule has 0 amide bonds. The van der Waals surface area contributed by atoms with Crippen LogP contribution in [-0.2, 0) is 23.7 Å². The van der Waals surface area contributed by atoms with E-state index in [1.54, 1.807) is 26.8 Å². The number of carbonyl (C=O) groups is 1. The molecule has 28 heavy (non-hydrogen) atoms. The van der Waals surface area contributed by atoms with Crippen molar-refractivity contribution in [2.24, 2.45) is 5.92 Å². The van der Waals surface area contributed by atoms with Gasteiger partial charge in [0.05, 0.1) is 19.3 Å². The number of esters is 1. The Balaban J connectivity index is 2.04. The van der Waals surface area contributed by atoms with Crippen molar-refractivity contribution >= 4 is 5.97 Å². The van der Waals surface area contributed by atoms with E-state index < -0.39 is 67.5 Å². The predicted molar refractivity (Wildman–Crippen MR) is 93.9 cm³/mol. The Morgan fingerprint density at radius 1 is 1.21 bits per heavy atom. The van der Waals surface area contributed by atoms with E-state index in [0.29, 0.717) is 0 Å². The maximum absolute atomic E-state index is 12.0. The van der Waals surface area contributed by atoms with Crippen molar-refractivity contribution in [2.45, 2.75) is 69.8 Å². The van der Waals surface area contributed by atoms with Crippen molar-refractivity contribution in [2.75, 3.05) is 19.8 Å². The van der Waals surface area contributed by atoms with Crippen LogP contribution >= 0.6 is 0 Å². The highest BCUT2D eigenvalue weighted by Gasteiger charge is 2.52. The molecule has 0 bridgehead atoms. The third-order valence-corrected chi connectivity index (χ3v) is 4.77. The van der Waals surface area contributed by atoms with Crippen LogP contribution in [0.15, 0.2) is 11.6 Å². The number of ether oxygens (including phenoxy) is 4. The quantitative estimate of drug-likeness (QED) is 0.216. The molecular weight excluding hydrogens is 376 g/mol. The van der Waals surface area contributed by atoms with Crippen molar-refractivity contribution in [1.29, 1.82) is 0 Å². The maximum atomic E-state index is 12.0. The molecule has 9 unspecified atom stereocenters. The van der Waals surface area contributed by atoms with Crippen molar-refractivity contribution < 1.29 is 49.3 Å². The van der Waals surface area contributed by atoms with Crippen molar-refractivity contribution in [3.63, 3.8) is 0 Å². The smallest absolute Gasteiger partial charge is 0.316 e. The van der Waals surface area contributed by atoms with Crippen LogP contribution in [0.3, 0.4) is 0 Å². The number of allylic oxidation sites excluding steroid dienone is 1. The number of carbonyl (C=O) groups excluding carboxylic acids is 1. The second-order valence-electron chi connectivity index (χ2n) is 7.19. The summed E-state index contributed by atoms with van der Waals surface area (Å²) in [7, 11) is 0. The molecule has 2 rings (SSSR count). The number of rotatable bonds is 9. The first-order chi connectivity index (χ1) is 13.2. The lowest BCUT2D eigenvalue weighted by Gasteiger charge is -2.43. The second-order valence-corrected chi connectivity index (χ2v) is 7.19. The Bertz CT molecular complexity index is 546. The van der Waals surface area contributed by atoms with E-state index in [4.69, 9.17) is 18.9 Å². The van der Waals surface area contributed by atoms with Gasteiger partial charge in [-0.2, -0.15) is 0 Å². The number of hydrogen-bond acceptors (Lipinski definition) is 10. The number of cyclic esters (lactones) is 1. The SMILES string of the molecule is CCOC(COC1OC(CO)C(O)C(O)C1O)C1C(=O)OC1C(O)C=C(C)C. The first-order valence-electron chi connectivity index (χ1n) is 9.28. The van der Waals surface area contributed by atoms with Crippen LogP contribution in [-0.4, -0.2) is 100 Å². The van der Waals surface area contributed by atoms with Crippen LogP contribution in [0.4, 0.5) is 0 Å². The fraction of sp³-hybridized carbons (Fsp3) is 0.833. The molecule has 2 heterocycles. The van der Waals surface area contributed by atoms with Gasteiger partial charge < -0.3 is 44.5 Å². The first-order valence-corrected chi connectivity index (χ1v) is 9.28. The minimum Gasteiger partial charge on any atom is -0.458 e. The molecule has 0 radical (unpaired) electrons. The standard InChI is InChI=1S/C18H30O10/c1-4-25-11(12-16(28-17(12)24)9(20)5-8(2)3)7-26-18-15(23)14(22)13(21)10(6-19)27-18/h5,9-16,18-23H,4,6-7H2,1-3H3. The largest absolute Gasteiger partial charge is 0.458 e. The molecule has 9 atom stereocenters. The molecule has 0 aliphatic carbocycles. The van der Waals surface area contributed by atoms with Crippen molar-refractivity contribution in [3.8, 4) is 0 Å². The van der Waals surface area contributed by atoms with Gasteiger partial charge in [-0.15, -0.1) is 0 Å². The summed E-state index contributed by atoms with van der Waals surface area (Å²) in [5, 5.41) is 49.1. The van der Waals surface area contributed by atoms with E-state index in [2.05, 4.69) is 0 Å². The molecule has 0 spiro atoms. The van der Waals surface area contributed by atoms with Gasteiger partial charge in [-0.05, 0) is 20.8 Å². The van der Waals surface area contributed by atoms with E-state index in [0.717, 1.165) is 5.57 Å². The number of aliphatic hydroxyl groups excluding tert-OH is 5. The van der Waals surface area contributed by atoms with Crippen molar-refractivity contribution in [3.05, 3.63) is 11.6 Å². The molecule has 10 nitrogen and oxygen atoms in total. The molecule has 2 aliphatic heterocycles. The summed E-state index contributed by atoms with van der Waals surface area (Å²) in [6.45, 7) is 4.83. The lowest BCUT2D eigenvalue weighted by molar-refractivity contribution is -0.308. The molecule has 0 aromatic carbocycles. The molecule has 0 saturated carbocycles. The van der Waals surface area contributed by atoms with Crippen LogP contribution in [0.1, 0.15) is 20.8 Å². The summed E-state index contributed by atoms with van der Waals surface area (Å²) in [6.07, 6.45) is -8.06.